The fourth-order valence-electron chi connectivity index (χ4n) is 6.90. The first-order valence-electron chi connectivity index (χ1n) is 14.7. The number of amides is 5. The summed E-state index contributed by atoms with van der Waals surface area (Å²) in [5, 5.41) is 5.55. The molecule has 5 aliphatic rings. The molecule has 214 valence electrons. The lowest BCUT2D eigenvalue weighted by atomic mass is 9.91. The monoisotopic (exact) mass is 550 g/mol. The van der Waals surface area contributed by atoms with Gasteiger partial charge in [0.05, 0.1) is 11.1 Å². The zero-order chi connectivity index (χ0) is 27.8. The molecule has 1 aromatic rings. The predicted octanol–water partition coefficient (Wildman–Crippen LogP) is 0.448. The number of carbonyl (C=O) groups is 5. The number of nitrogens with zero attached hydrogens (tertiary/aromatic N) is 4. The van der Waals surface area contributed by atoms with Gasteiger partial charge >= 0.3 is 0 Å². The minimum absolute atomic E-state index is 0.108. The zero-order valence-corrected chi connectivity index (χ0v) is 22.9. The van der Waals surface area contributed by atoms with E-state index in [0.717, 1.165) is 95.2 Å². The molecule has 5 aliphatic heterocycles. The lowest BCUT2D eigenvalue weighted by molar-refractivity contribution is -0.138. The molecule has 5 amide bonds. The maximum absolute atomic E-state index is 13.2. The Balaban J connectivity index is 1.00. The van der Waals surface area contributed by atoms with E-state index in [2.05, 4.69) is 20.4 Å². The van der Waals surface area contributed by atoms with Crippen LogP contribution in [0.3, 0.4) is 0 Å². The molecule has 4 fully saturated rings. The molecule has 4 saturated heterocycles. The van der Waals surface area contributed by atoms with Gasteiger partial charge in [0.25, 0.3) is 11.8 Å². The second-order valence-electron chi connectivity index (χ2n) is 11.8. The molecule has 1 atom stereocenters. The Bertz CT molecular complexity index is 1200. The van der Waals surface area contributed by atoms with E-state index in [1.54, 1.807) is 12.1 Å². The number of likely N-dealkylation sites (tertiary alicyclic amines) is 1. The highest BCUT2D eigenvalue weighted by atomic mass is 16.2. The highest BCUT2D eigenvalue weighted by Gasteiger charge is 2.45. The second kappa shape index (κ2) is 11.3. The summed E-state index contributed by atoms with van der Waals surface area (Å²) < 4.78 is 0. The lowest BCUT2D eigenvalue weighted by Gasteiger charge is -2.39. The molecule has 0 radical (unpaired) electrons. The Morgan fingerprint density at radius 2 is 1.52 bits per heavy atom. The van der Waals surface area contributed by atoms with E-state index in [4.69, 9.17) is 0 Å². The van der Waals surface area contributed by atoms with Crippen molar-refractivity contribution >= 4 is 35.2 Å². The van der Waals surface area contributed by atoms with E-state index in [0.29, 0.717) is 23.0 Å². The molecular formula is C29H38N6O5. The fourth-order valence-corrected chi connectivity index (χ4v) is 6.90. The normalized spacial score (nSPS) is 25.4. The average molecular weight is 551 g/mol. The molecular weight excluding hydrogens is 512 g/mol. The Morgan fingerprint density at radius 1 is 0.825 bits per heavy atom. The highest BCUT2D eigenvalue weighted by molar-refractivity contribution is 6.23. The number of nitrogens with one attached hydrogen (secondary N) is 2. The molecule has 5 heterocycles. The minimum Gasteiger partial charge on any atom is -0.371 e. The van der Waals surface area contributed by atoms with E-state index in [1.165, 1.54) is 0 Å². The first kappa shape index (κ1) is 26.9. The van der Waals surface area contributed by atoms with Crippen LogP contribution < -0.4 is 15.5 Å². The first-order chi connectivity index (χ1) is 19.4. The lowest BCUT2D eigenvalue weighted by Crippen LogP contribution is -2.54. The Labute approximate surface area is 234 Å². The van der Waals surface area contributed by atoms with Crippen LogP contribution in [-0.4, -0.2) is 109 Å². The van der Waals surface area contributed by atoms with Crippen LogP contribution in [0.4, 0.5) is 5.69 Å². The molecule has 0 aromatic heterocycles. The van der Waals surface area contributed by atoms with Gasteiger partial charge in [-0.25, -0.2) is 0 Å². The Hall–Kier alpha value is -3.31. The summed E-state index contributed by atoms with van der Waals surface area (Å²) in [6, 6.07) is 4.41. The molecule has 2 N–H and O–H groups in total. The Kier molecular flexibility index (Phi) is 7.59. The maximum Gasteiger partial charge on any atom is 0.262 e. The third-order valence-electron chi connectivity index (χ3n) is 9.28. The number of hydrogen-bond donors (Lipinski definition) is 2. The van der Waals surface area contributed by atoms with Gasteiger partial charge in [0.15, 0.2) is 0 Å². The molecule has 0 aliphatic carbocycles. The molecule has 11 nitrogen and oxygen atoms in total. The molecule has 1 aromatic carbocycles. The van der Waals surface area contributed by atoms with E-state index in [-0.39, 0.29) is 24.7 Å². The Morgan fingerprint density at radius 3 is 2.23 bits per heavy atom. The van der Waals surface area contributed by atoms with Gasteiger partial charge in [-0.1, -0.05) is 0 Å². The second-order valence-corrected chi connectivity index (χ2v) is 11.8. The predicted molar refractivity (Wildman–Crippen MR) is 147 cm³/mol. The van der Waals surface area contributed by atoms with Crippen LogP contribution >= 0.6 is 0 Å². The fraction of sp³-hybridized carbons (Fsp3) is 0.621. The van der Waals surface area contributed by atoms with E-state index < -0.39 is 23.8 Å². The number of piperidine rings is 3. The van der Waals surface area contributed by atoms with E-state index in [1.807, 2.05) is 11.0 Å². The van der Waals surface area contributed by atoms with Crippen molar-refractivity contribution in [2.45, 2.75) is 44.6 Å². The summed E-state index contributed by atoms with van der Waals surface area (Å²) in [6.45, 7) is 8.20. The number of benzene rings is 1. The van der Waals surface area contributed by atoms with Gasteiger partial charge in [0, 0.05) is 63.8 Å². The van der Waals surface area contributed by atoms with Crippen LogP contribution in [0.2, 0.25) is 0 Å². The quantitative estimate of drug-likeness (QED) is 0.507. The molecule has 0 bridgehead atoms. The smallest absolute Gasteiger partial charge is 0.262 e. The molecule has 1 unspecified atom stereocenters. The summed E-state index contributed by atoms with van der Waals surface area (Å²) in [6.07, 6.45) is 4.24. The van der Waals surface area contributed by atoms with Crippen LogP contribution in [0.25, 0.3) is 0 Å². The van der Waals surface area contributed by atoms with E-state index >= 15 is 0 Å². The van der Waals surface area contributed by atoms with Crippen LogP contribution in [0.15, 0.2) is 18.2 Å². The van der Waals surface area contributed by atoms with Crippen LogP contribution in [0, 0.1) is 11.8 Å². The summed E-state index contributed by atoms with van der Waals surface area (Å²) in [7, 11) is 0. The highest BCUT2D eigenvalue weighted by Crippen LogP contribution is 2.32. The van der Waals surface area contributed by atoms with Crippen LogP contribution in [-0.2, 0) is 14.4 Å². The van der Waals surface area contributed by atoms with Crippen molar-refractivity contribution in [2.24, 2.45) is 11.8 Å². The van der Waals surface area contributed by atoms with Crippen molar-refractivity contribution in [3.8, 4) is 0 Å². The van der Waals surface area contributed by atoms with Gasteiger partial charge in [-0.3, -0.25) is 34.2 Å². The van der Waals surface area contributed by atoms with Crippen molar-refractivity contribution in [1.82, 2.24) is 25.3 Å². The molecule has 11 heteroatoms. The standard InChI is InChI=1S/C29H38N6O5/c36-25-4-3-24(26(37)31-25)35-28(39)22-2-1-21(17-23(22)29(35)40)33-13-5-19(6-14-33)18-32-11-7-20(8-12-32)27(38)34-15-9-30-10-16-34/h1-2,17,19-20,24,30H,3-16,18H2,(H,31,36,37). The molecule has 0 spiro atoms. The third-order valence-corrected chi connectivity index (χ3v) is 9.28. The molecule has 40 heavy (non-hydrogen) atoms. The maximum atomic E-state index is 13.2. The van der Waals surface area contributed by atoms with Gasteiger partial charge in [-0.2, -0.15) is 0 Å². The van der Waals surface area contributed by atoms with Crippen LogP contribution in [0.5, 0.6) is 0 Å². The van der Waals surface area contributed by atoms with Crippen molar-refractivity contribution in [1.29, 1.82) is 0 Å². The summed E-state index contributed by atoms with van der Waals surface area (Å²) >= 11 is 0. The van der Waals surface area contributed by atoms with Crippen molar-refractivity contribution in [3.05, 3.63) is 29.3 Å². The first-order valence-corrected chi connectivity index (χ1v) is 14.7. The number of imide groups is 2. The van der Waals surface area contributed by atoms with Crippen molar-refractivity contribution < 1.29 is 24.0 Å². The molecule has 0 saturated carbocycles. The van der Waals surface area contributed by atoms with Gasteiger partial charge in [0.2, 0.25) is 17.7 Å². The summed E-state index contributed by atoms with van der Waals surface area (Å²) in [5.41, 5.74) is 1.55. The number of rotatable bonds is 5. The topological polar surface area (TPSA) is 122 Å². The number of fused-ring (bicyclic) bond motifs is 1. The number of anilines is 1. The molecule has 6 rings (SSSR count). The summed E-state index contributed by atoms with van der Waals surface area (Å²) in [4.78, 5) is 70.7. The number of piperazine rings is 1. The minimum atomic E-state index is -0.949. The average Bonchev–Trinajstić information content (AvgIpc) is 3.23. The number of hydrogen-bond acceptors (Lipinski definition) is 8. The van der Waals surface area contributed by atoms with Crippen LogP contribution in [0.1, 0.15) is 59.2 Å². The summed E-state index contributed by atoms with van der Waals surface area (Å²) in [5.74, 6) is -0.821. The third kappa shape index (κ3) is 5.24. The number of carbonyl (C=O) groups excluding carboxylic acids is 5. The van der Waals surface area contributed by atoms with Gasteiger partial charge in [-0.05, 0) is 69.3 Å². The van der Waals surface area contributed by atoms with E-state index in [9.17, 15) is 24.0 Å². The van der Waals surface area contributed by atoms with Gasteiger partial charge < -0.3 is 20.0 Å². The van der Waals surface area contributed by atoms with Crippen molar-refractivity contribution in [3.63, 3.8) is 0 Å². The SMILES string of the molecule is O=C1CCC(N2C(=O)c3ccc(N4CCC(CN5CCC(C(=O)N6CCNCC6)CC5)CC4)cc3C2=O)C(=O)N1. The zero-order valence-electron chi connectivity index (χ0n) is 22.9. The van der Waals surface area contributed by atoms with Gasteiger partial charge in [-0.15, -0.1) is 0 Å². The largest absolute Gasteiger partial charge is 0.371 e. The van der Waals surface area contributed by atoms with Crippen molar-refractivity contribution in [2.75, 3.05) is 63.8 Å². The van der Waals surface area contributed by atoms with Gasteiger partial charge in [0.1, 0.15) is 6.04 Å².